The normalized spacial score (nSPS) is 15.3. The molecule has 0 atom stereocenters. The number of nitrogens with zero attached hydrogens (tertiary/aromatic N) is 6. The molecule has 0 spiro atoms. The third-order valence-electron chi connectivity index (χ3n) is 3.03. The maximum Gasteiger partial charge on any atom is 0.139 e. The number of azide groups is 1. The SMILES string of the molecule is Cn1ccn2nc(C3CC3)c(CN=[N+]=[N-])c12. The van der Waals surface area contributed by atoms with Crippen molar-refractivity contribution in [3.8, 4) is 0 Å². The third-order valence-corrected chi connectivity index (χ3v) is 3.03. The second kappa shape index (κ2) is 3.28. The van der Waals surface area contributed by atoms with E-state index < -0.39 is 0 Å². The van der Waals surface area contributed by atoms with Crippen LogP contribution in [0.2, 0.25) is 0 Å². The van der Waals surface area contributed by atoms with Gasteiger partial charge in [-0.15, -0.1) is 0 Å². The van der Waals surface area contributed by atoms with E-state index >= 15 is 0 Å². The van der Waals surface area contributed by atoms with E-state index in [0.29, 0.717) is 12.5 Å². The van der Waals surface area contributed by atoms with E-state index in [0.717, 1.165) is 16.9 Å². The average Bonchev–Trinajstić information content (AvgIpc) is 2.97. The van der Waals surface area contributed by atoms with Gasteiger partial charge in [-0.25, -0.2) is 4.52 Å². The second-order valence-electron chi connectivity index (χ2n) is 4.20. The van der Waals surface area contributed by atoms with Crippen molar-refractivity contribution in [2.24, 2.45) is 12.2 Å². The van der Waals surface area contributed by atoms with E-state index in [2.05, 4.69) is 15.1 Å². The Kier molecular flexibility index (Phi) is 1.91. The van der Waals surface area contributed by atoms with Crippen LogP contribution in [-0.2, 0) is 13.6 Å². The zero-order valence-corrected chi connectivity index (χ0v) is 9.04. The second-order valence-corrected chi connectivity index (χ2v) is 4.20. The highest BCUT2D eigenvalue weighted by atomic mass is 15.3. The number of aryl methyl sites for hydroxylation is 1. The van der Waals surface area contributed by atoms with Crippen LogP contribution >= 0.6 is 0 Å². The molecule has 0 unspecified atom stereocenters. The molecule has 0 bridgehead atoms. The number of hydrogen-bond acceptors (Lipinski definition) is 2. The highest BCUT2D eigenvalue weighted by Gasteiger charge is 2.30. The monoisotopic (exact) mass is 216 g/mol. The molecule has 2 aromatic heterocycles. The molecule has 3 rings (SSSR count). The summed E-state index contributed by atoms with van der Waals surface area (Å²) >= 11 is 0. The Bertz CT molecular complexity index is 582. The predicted molar refractivity (Wildman–Crippen MR) is 59.0 cm³/mol. The van der Waals surface area contributed by atoms with Crippen molar-refractivity contribution in [1.82, 2.24) is 14.2 Å². The summed E-state index contributed by atoms with van der Waals surface area (Å²) in [4.78, 5) is 2.83. The molecule has 1 fully saturated rings. The van der Waals surface area contributed by atoms with Crippen LogP contribution in [0.1, 0.15) is 30.0 Å². The molecule has 0 aromatic carbocycles. The van der Waals surface area contributed by atoms with Gasteiger partial charge in [0.2, 0.25) is 0 Å². The van der Waals surface area contributed by atoms with Gasteiger partial charge in [0.05, 0.1) is 12.2 Å². The first kappa shape index (κ1) is 9.30. The van der Waals surface area contributed by atoms with Crippen LogP contribution in [0.25, 0.3) is 16.1 Å². The van der Waals surface area contributed by atoms with Gasteiger partial charge in [-0.3, -0.25) is 0 Å². The van der Waals surface area contributed by atoms with E-state index in [1.807, 2.05) is 28.5 Å². The molecule has 1 aliphatic rings. The van der Waals surface area contributed by atoms with Crippen LogP contribution in [-0.4, -0.2) is 14.2 Å². The maximum absolute atomic E-state index is 8.43. The Hall–Kier alpha value is -1.94. The number of aromatic nitrogens is 3. The van der Waals surface area contributed by atoms with Gasteiger partial charge >= 0.3 is 0 Å². The minimum absolute atomic E-state index is 0.393. The third kappa shape index (κ3) is 1.27. The highest BCUT2D eigenvalue weighted by Crippen LogP contribution is 2.42. The topological polar surface area (TPSA) is 71.0 Å². The summed E-state index contributed by atoms with van der Waals surface area (Å²) < 4.78 is 3.89. The molecule has 6 nitrogen and oxygen atoms in total. The molecule has 82 valence electrons. The molecular formula is C10H12N6. The van der Waals surface area contributed by atoms with Gasteiger partial charge in [0, 0.05) is 35.8 Å². The Morgan fingerprint density at radius 1 is 1.56 bits per heavy atom. The fourth-order valence-corrected chi connectivity index (χ4v) is 2.13. The summed E-state index contributed by atoms with van der Waals surface area (Å²) in [5.41, 5.74) is 11.6. The molecule has 2 heterocycles. The van der Waals surface area contributed by atoms with Crippen molar-refractivity contribution >= 4 is 5.65 Å². The minimum atomic E-state index is 0.393. The summed E-state index contributed by atoms with van der Waals surface area (Å²) in [5.74, 6) is 0.573. The van der Waals surface area contributed by atoms with E-state index in [1.54, 1.807) is 0 Å². The first-order valence-electron chi connectivity index (χ1n) is 5.34. The largest absolute Gasteiger partial charge is 0.334 e. The molecule has 0 saturated heterocycles. The standard InChI is InChI=1S/C10H12N6/c1-15-4-5-16-10(15)8(6-12-14-11)9(13-16)7-2-3-7/h4-5,7H,2-3,6H2,1H3. The van der Waals surface area contributed by atoms with Crippen molar-refractivity contribution in [2.75, 3.05) is 0 Å². The lowest BCUT2D eigenvalue weighted by atomic mass is 10.2. The minimum Gasteiger partial charge on any atom is -0.334 e. The van der Waals surface area contributed by atoms with E-state index in [1.165, 1.54) is 12.8 Å². The van der Waals surface area contributed by atoms with Gasteiger partial charge in [0.1, 0.15) is 5.65 Å². The predicted octanol–water partition coefficient (Wildman–Crippen LogP) is 2.36. The van der Waals surface area contributed by atoms with Crippen LogP contribution in [0, 0.1) is 0 Å². The van der Waals surface area contributed by atoms with Gasteiger partial charge in [0.25, 0.3) is 0 Å². The number of hydrogen-bond donors (Lipinski definition) is 0. The van der Waals surface area contributed by atoms with Crippen LogP contribution in [0.4, 0.5) is 0 Å². The Morgan fingerprint density at radius 2 is 2.38 bits per heavy atom. The lowest BCUT2D eigenvalue weighted by Crippen LogP contribution is -1.92. The summed E-state index contributed by atoms with van der Waals surface area (Å²) in [6, 6.07) is 0. The number of fused-ring (bicyclic) bond motifs is 1. The molecule has 2 aromatic rings. The smallest absolute Gasteiger partial charge is 0.139 e. The highest BCUT2D eigenvalue weighted by molar-refractivity contribution is 5.53. The molecule has 1 saturated carbocycles. The fourth-order valence-electron chi connectivity index (χ4n) is 2.13. The van der Waals surface area contributed by atoms with Crippen LogP contribution < -0.4 is 0 Å². The number of imidazole rings is 1. The lowest BCUT2D eigenvalue weighted by Gasteiger charge is -1.98. The molecule has 0 radical (unpaired) electrons. The number of rotatable bonds is 3. The van der Waals surface area contributed by atoms with Gasteiger partial charge in [-0.05, 0) is 18.4 Å². The van der Waals surface area contributed by atoms with Gasteiger partial charge in [0.15, 0.2) is 0 Å². The van der Waals surface area contributed by atoms with Crippen molar-refractivity contribution in [2.45, 2.75) is 25.3 Å². The molecule has 16 heavy (non-hydrogen) atoms. The van der Waals surface area contributed by atoms with Crippen molar-refractivity contribution in [1.29, 1.82) is 0 Å². The molecule has 6 heteroatoms. The first-order chi connectivity index (χ1) is 7.81. The summed E-state index contributed by atoms with van der Waals surface area (Å²) in [5, 5.41) is 8.23. The Labute approximate surface area is 92.1 Å². The van der Waals surface area contributed by atoms with Gasteiger partial charge < -0.3 is 4.57 Å². The molecular weight excluding hydrogens is 204 g/mol. The van der Waals surface area contributed by atoms with E-state index in [-0.39, 0.29) is 0 Å². The molecule has 0 N–H and O–H groups in total. The average molecular weight is 216 g/mol. The quantitative estimate of drug-likeness (QED) is 0.441. The van der Waals surface area contributed by atoms with Crippen LogP contribution in [0.15, 0.2) is 17.5 Å². The van der Waals surface area contributed by atoms with E-state index in [4.69, 9.17) is 5.53 Å². The Balaban J connectivity index is 2.19. The zero-order chi connectivity index (χ0) is 11.1. The molecule has 1 aliphatic carbocycles. The summed E-state index contributed by atoms with van der Waals surface area (Å²) in [6.07, 6.45) is 6.29. The van der Waals surface area contributed by atoms with E-state index in [9.17, 15) is 0 Å². The Morgan fingerprint density at radius 3 is 3.06 bits per heavy atom. The summed E-state index contributed by atoms with van der Waals surface area (Å²) in [6.45, 7) is 0.393. The maximum atomic E-state index is 8.43. The van der Waals surface area contributed by atoms with Crippen molar-refractivity contribution in [3.63, 3.8) is 0 Å². The summed E-state index contributed by atoms with van der Waals surface area (Å²) in [7, 11) is 1.98. The van der Waals surface area contributed by atoms with Crippen molar-refractivity contribution < 1.29 is 0 Å². The van der Waals surface area contributed by atoms with Crippen LogP contribution in [0.3, 0.4) is 0 Å². The van der Waals surface area contributed by atoms with Gasteiger partial charge in [-0.2, -0.15) is 5.10 Å². The molecule has 0 aliphatic heterocycles. The fraction of sp³-hybridized carbons (Fsp3) is 0.500. The van der Waals surface area contributed by atoms with Crippen molar-refractivity contribution in [3.05, 3.63) is 34.1 Å². The lowest BCUT2D eigenvalue weighted by molar-refractivity contribution is 0.885. The van der Waals surface area contributed by atoms with Gasteiger partial charge in [-0.1, -0.05) is 5.11 Å². The first-order valence-corrected chi connectivity index (χ1v) is 5.34. The van der Waals surface area contributed by atoms with Crippen LogP contribution in [0.5, 0.6) is 0 Å². The zero-order valence-electron chi connectivity index (χ0n) is 9.04. The molecule has 0 amide bonds.